The lowest BCUT2D eigenvalue weighted by Crippen LogP contribution is -2.30. The first-order valence-corrected chi connectivity index (χ1v) is 9.59. The van der Waals surface area contributed by atoms with Crippen molar-refractivity contribution in [3.63, 3.8) is 0 Å². The van der Waals surface area contributed by atoms with Crippen molar-refractivity contribution in [1.29, 1.82) is 0 Å². The van der Waals surface area contributed by atoms with Gasteiger partial charge in [0, 0.05) is 5.41 Å². The van der Waals surface area contributed by atoms with Gasteiger partial charge < -0.3 is 0 Å². The highest BCUT2D eigenvalue weighted by atomic mass is 14.4. The third kappa shape index (κ3) is 3.89. The summed E-state index contributed by atoms with van der Waals surface area (Å²) in [5, 5.41) is 0. The summed E-state index contributed by atoms with van der Waals surface area (Å²) in [7, 11) is 0. The molecular weight excluding hydrogens is 300 g/mol. The highest BCUT2D eigenvalue weighted by Gasteiger charge is 2.35. The molecule has 0 spiro atoms. The van der Waals surface area contributed by atoms with Crippen LogP contribution >= 0.6 is 0 Å². The zero-order valence-electron chi connectivity index (χ0n) is 17.2. The van der Waals surface area contributed by atoms with Crippen molar-refractivity contribution in [1.82, 2.24) is 0 Å². The molecule has 25 heavy (non-hydrogen) atoms. The largest absolute Gasteiger partial charge is 0.0984 e. The number of allylic oxidation sites excluding steroid dienone is 1. The maximum atomic E-state index is 4.64. The summed E-state index contributed by atoms with van der Waals surface area (Å²) in [5.41, 5.74) is 9.20. The van der Waals surface area contributed by atoms with E-state index in [2.05, 4.69) is 91.4 Å². The van der Waals surface area contributed by atoms with E-state index in [-0.39, 0.29) is 5.41 Å². The van der Waals surface area contributed by atoms with Gasteiger partial charge in [-0.2, -0.15) is 0 Å². The number of rotatable bonds is 6. The minimum absolute atomic E-state index is 0.162. The van der Waals surface area contributed by atoms with Crippen molar-refractivity contribution >= 4 is 0 Å². The van der Waals surface area contributed by atoms with Gasteiger partial charge in [-0.3, -0.25) is 0 Å². The van der Waals surface area contributed by atoms with Crippen LogP contribution in [0.3, 0.4) is 0 Å². The Morgan fingerprint density at radius 3 is 1.36 bits per heavy atom. The van der Waals surface area contributed by atoms with Crippen LogP contribution in [0.15, 0.2) is 48.6 Å². The molecule has 0 fully saturated rings. The Morgan fingerprint density at radius 1 is 0.760 bits per heavy atom. The van der Waals surface area contributed by atoms with E-state index < -0.39 is 0 Å². The van der Waals surface area contributed by atoms with E-state index in [1.807, 2.05) is 0 Å². The van der Waals surface area contributed by atoms with E-state index in [4.69, 9.17) is 0 Å². The van der Waals surface area contributed by atoms with Gasteiger partial charge in [-0.05, 0) is 64.5 Å². The molecule has 0 aliphatic rings. The summed E-state index contributed by atoms with van der Waals surface area (Å²) in [6, 6.07) is 13.9. The Labute approximate surface area is 155 Å². The average molecular weight is 335 g/mol. The van der Waals surface area contributed by atoms with Crippen LogP contribution in [-0.2, 0) is 5.41 Å². The molecule has 0 N–H and O–H groups in total. The van der Waals surface area contributed by atoms with Gasteiger partial charge in [-0.25, -0.2) is 0 Å². The molecule has 0 bridgehead atoms. The second kappa shape index (κ2) is 7.60. The third-order valence-corrected chi connectivity index (χ3v) is 5.72. The van der Waals surface area contributed by atoms with E-state index in [0.29, 0.717) is 5.92 Å². The molecule has 0 nitrogen and oxygen atoms in total. The maximum absolute atomic E-state index is 4.64. The first kappa shape index (κ1) is 19.5. The van der Waals surface area contributed by atoms with Gasteiger partial charge in [-0.1, -0.05) is 84.7 Å². The SMILES string of the molecule is C=C(C(CC)CC)C(C)(c1cc(C)cc(C)c1)c1cc(C)cc(C)c1. The summed E-state index contributed by atoms with van der Waals surface area (Å²) >= 11 is 0. The first-order chi connectivity index (χ1) is 11.7. The van der Waals surface area contributed by atoms with Gasteiger partial charge in [0.1, 0.15) is 0 Å². The molecule has 0 saturated carbocycles. The van der Waals surface area contributed by atoms with Crippen molar-refractivity contribution in [2.45, 2.75) is 66.7 Å². The van der Waals surface area contributed by atoms with Crippen LogP contribution < -0.4 is 0 Å². The molecule has 2 aromatic rings. The van der Waals surface area contributed by atoms with Crippen LogP contribution in [0.25, 0.3) is 0 Å². The molecule has 0 heterocycles. The van der Waals surface area contributed by atoms with E-state index in [9.17, 15) is 0 Å². The lowest BCUT2D eigenvalue weighted by Gasteiger charge is -2.38. The van der Waals surface area contributed by atoms with Crippen molar-refractivity contribution < 1.29 is 0 Å². The number of hydrogen-bond acceptors (Lipinski definition) is 0. The normalized spacial score (nSPS) is 11.8. The molecule has 0 saturated heterocycles. The summed E-state index contributed by atoms with van der Waals surface area (Å²) in [6.07, 6.45) is 2.28. The smallest absolute Gasteiger partial charge is 0.0383 e. The Kier molecular flexibility index (Phi) is 5.93. The van der Waals surface area contributed by atoms with Crippen LogP contribution in [0.4, 0.5) is 0 Å². The van der Waals surface area contributed by atoms with Crippen molar-refractivity contribution in [3.8, 4) is 0 Å². The molecule has 0 aliphatic carbocycles. The van der Waals surface area contributed by atoms with Gasteiger partial charge in [-0.15, -0.1) is 0 Å². The number of hydrogen-bond donors (Lipinski definition) is 0. The summed E-state index contributed by atoms with van der Waals surface area (Å²) < 4.78 is 0. The van der Waals surface area contributed by atoms with Crippen LogP contribution in [-0.4, -0.2) is 0 Å². The van der Waals surface area contributed by atoms with Crippen LogP contribution in [0.5, 0.6) is 0 Å². The fourth-order valence-electron chi connectivity index (χ4n) is 4.25. The second-order valence-electron chi connectivity index (χ2n) is 7.92. The quantitative estimate of drug-likeness (QED) is 0.489. The Morgan fingerprint density at radius 2 is 1.08 bits per heavy atom. The maximum Gasteiger partial charge on any atom is 0.0383 e. The lowest BCUT2D eigenvalue weighted by atomic mass is 9.65. The number of aryl methyl sites for hydroxylation is 4. The van der Waals surface area contributed by atoms with Gasteiger partial charge >= 0.3 is 0 Å². The molecule has 0 unspecified atom stereocenters. The van der Waals surface area contributed by atoms with Crippen molar-refractivity contribution in [2.75, 3.05) is 0 Å². The van der Waals surface area contributed by atoms with Crippen LogP contribution in [0.1, 0.15) is 67.0 Å². The predicted molar refractivity (Wildman–Crippen MR) is 111 cm³/mol. The fraction of sp³-hybridized carbons (Fsp3) is 0.440. The van der Waals surface area contributed by atoms with E-state index in [1.54, 1.807) is 0 Å². The van der Waals surface area contributed by atoms with Gasteiger partial charge in [0.05, 0.1) is 0 Å². The lowest BCUT2D eigenvalue weighted by molar-refractivity contribution is 0.489. The van der Waals surface area contributed by atoms with Crippen LogP contribution in [0, 0.1) is 33.6 Å². The Hall–Kier alpha value is -1.82. The molecule has 0 aromatic heterocycles. The molecule has 0 heteroatoms. The monoisotopic (exact) mass is 334 g/mol. The minimum atomic E-state index is -0.162. The third-order valence-electron chi connectivity index (χ3n) is 5.72. The molecule has 0 atom stereocenters. The zero-order valence-corrected chi connectivity index (χ0v) is 17.2. The highest BCUT2D eigenvalue weighted by molar-refractivity contribution is 5.51. The second-order valence-corrected chi connectivity index (χ2v) is 7.92. The molecule has 0 aliphatic heterocycles. The minimum Gasteiger partial charge on any atom is -0.0984 e. The first-order valence-electron chi connectivity index (χ1n) is 9.59. The molecule has 134 valence electrons. The van der Waals surface area contributed by atoms with E-state index >= 15 is 0 Å². The van der Waals surface area contributed by atoms with Crippen LogP contribution in [0.2, 0.25) is 0 Å². The highest BCUT2D eigenvalue weighted by Crippen LogP contribution is 2.44. The van der Waals surface area contributed by atoms with Gasteiger partial charge in [0.25, 0.3) is 0 Å². The molecular formula is C25H34. The number of benzene rings is 2. The molecule has 2 aromatic carbocycles. The van der Waals surface area contributed by atoms with Gasteiger partial charge in [0.2, 0.25) is 0 Å². The molecule has 0 radical (unpaired) electrons. The topological polar surface area (TPSA) is 0 Å². The molecule has 0 amide bonds. The summed E-state index contributed by atoms with van der Waals surface area (Å²) in [4.78, 5) is 0. The Balaban J connectivity index is 2.76. The fourth-order valence-corrected chi connectivity index (χ4v) is 4.25. The molecule has 2 rings (SSSR count). The van der Waals surface area contributed by atoms with Gasteiger partial charge in [0.15, 0.2) is 0 Å². The standard InChI is InChI=1S/C25H34/c1-9-22(10-2)21(7)25(8,23-13-17(3)11-18(4)14-23)24-15-19(5)12-20(6)16-24/h11-16,22H,7,9-10H2,1-6,8H3. The van der Waals surface area contributed by atoms with E-state index in [0.717, 1.165) is 12.8 Å². The average Bonchev–Trinajstić information content (AvgIpc) is 2.53. The predicted octanol–water partition coefficient (Wildman–Crippen LogP) is 7.22. The summed E-state index contributed by atoms with van der Waals surface area (Å²) in [5.74, 6) is 0.534. The van der Waals surface area contributed by atoms with Crippen molar-refractivity contribution in [2.24, 2.45) is 5.92 Å². The van der Waals surface area contributed by atoms with E-state index in [1.165, 1.54) is 39.0 Å². The van der Waals surface area contributed by atoms with Crippen molar-refractivity contribution in [3.05, 3.63) is 81.9 Å². The zero-order chi connectivity index (χ0) is 18.8. The Bertz CT molecular complexity index is 668. The summed E-state index contributed by atoms with van der Waals surface area (Å²) in [6.45, 7) is 20.3.